The number of carbonyl (C=O) groups is 2. The number of rotatable bonds is 5. The van der Waals surface area contributed by atoms with Crippen molar-refractivity contribution in [1.82, 2.24) is 20.4 Å². The van der Waals surface area contributed by atoms with Crippen molar-refractivity contribution < 1.29 is 18.5 Å². The highest BCUT2D eigenvalue weighted by Gasteiger charge is 2.43. The van der Waals surface area contributed by atoms with Crippen LogP contribution in [0.1, 0.15) is 40.6 Å². The van der Waals surface area contributed by atoms with E-state index in [1.807, 2.05) is 30.3 Å². The van der Waals surface area contributed by atoms with Crippen molar-refractivity contribution in [2.24, 2.45) is 5.92 Å². The second kappa shape index (κ2) is 8.90. The van der Waals surface area contributed by atoms with Gasteiger partial charge in [-0.1, -0.05) is 41.6 Å². The molecule has 1 N–H and O–H groups in total. The van der Waals surface area contributed by atoms with Crippen LogP contribution in [0.25, 0.3) is 11.4 Å². The Balaban J connectivity index is 1.59. The van der Waals surface area contributed by atoms with E-state index < -0.39 is 17.8 Å². The SMILES string of the molecule is Cc1ccc(C(=O)N[C@H]2C[C@H](C(=O)N(C)C)C[C@H]2c2nc(-c3ccccc3)no2)cc1F. The van der Waals surface area contributed by atoms with Crippen LogP contribution in [0.3, 0.4) is 0 Å². The van der Waals surface area contributed by atoms with Gasteiger partial charge < -0.3 is 14.7 Å². The van der Waals surface area contributed by atoms with Crippen LogP contribution in [0.4, 0.5) is 4.39 Å². The number of benzene rings is 2. The van der Waals surface area contributed by atoms with Crippen molar-refractivity contribution in [2.45, 2.75) is 31.7 Å². The smallest absolute Gasteiger partial charge is 0.251 e. The van der Waals surface area contributed by atoms with Gasteiger partial charge in [0.1, 0.15) is 5.82 Å². The van der Waals surface area contributed by atoms with Crippen LogP contribution in [0, 0.1) is 18.7 Å². The molecule has 3 aromatic rings. The van der Waals surface area contributed by atoms with Crippen molar-refractivity contribution in [1.29, 1.82) is 0 Å². The Kier molecular flexibility index (Phi) is 6.03. The third-order valence-electron chi connectivity index (χ3n) is 5.89. The number of aromatic nitrogens is 2. The Morgan fingerprint density at radius 1 is 1.12 bits per heavy atom. The third kappa shape index (κ3) is 4.39. The summed E-state index contributed by atoms with van der Waals surface area (Å²) in [5.41, 5.74) is 1.51. The van der Waals surface area contributed by atoms with E-state index in [1.54, 1.807) is 38.1 Å². The summed E-state index contributed by atoms with van der Waals surface area (Å²) in [6, 6.07) is 13.4. The minimum atomic E-state index is -0.439. The first kappa shape index (κ1) is 21.7. The molecule has 166 valence electrons. The molecule has 1 fully saturated rings. The fourth-order valence-corrected chi connectivity index (χ4v) is 4.11. The van der Waals surface area contributed by atoms with Gasteiger partial charge in [-0.3, -0.25) is 9.59 Å². The standard InChI is InChI=1S/C24H25FN4O3/c1-14-9-10-16(12-19(14)25)22(30)26-20-13-17(24(31)29(2)3)11-18(20)23-27-21(28-32-23)15-7-5-4-6-8-15/h4-10,12,17-18,20H,11,13H2,1-3H3,(H,26,30)/t17-,18-,20+/m1/s1. The fraction of sp³-hybridized carbons (Fsp3) is 0.333. The number of amides is 2. The zero-order valence-corrected chi connectivity index (χ0v) is 18.2. The Labute approximate surface area is 185 Å². The van der Waals surface area contributed by atoms with Crippen LogP contribution in [0.2, 0.25) is 0 Å². The van der Waals surface area contributed by atoms with E-state index in [9.17, 15) is 14.0 Å². The van der Waals surface area contributed by atoms with Crippen LogP contribution in [-0.4, -0.2) is 47.0 Å². The number of halogens is 1. The number of carbonyl (C=O) groups excluding carboxylic acids is 2. The van der Waals surface area contributed by atoms with Crippen molar-refractivity contribution in [3.63, 3.8) is 0 Å². The average molecular weight is 436 g/mol. The summed E-state index contributed by atoms with van der Waals surface area (Å²) in [4.78, 5) is 31.6. The maximum atomic E-state index is 14.0. The van der Waals surface area contributed by atoms with Gasteiger partial charge in [0.15, 0.2) is 0 Å². The topological polar surface area (TPSA) is 88.3 Å². The van der Waals surface area contributed by atoms with Gasteiger partial charge in [-0.2, -0.15) is 4.98 Å². The van der Waals surface area contributed by atoms with E-state index >= 15 is 0 Å². The molecule has 2 amide bonds. The van der Waals surface area contributed by atoms with Crippen molar-refractivity contribution in [3.8, 4) is 11.4 Å². The molecule has 2 aromatic carbocycles. The molecule has 1 aliphatic carbocycles. The normalized spacial score (nSPS) is 20.2. The summed E-state index contributed by atoms with van der Waals surface area (Å²) in [5.74, 6) is -0.650. The average Bonchev–Trinajstić information content (AvgIpc) is 3.43. The molecule has 0 bridgehead atoms. The van der Waals surface area contributed by atoms with Gasteiger partial charge in [0, 0.05) is 37.2 Å². The van der Waals surface area contributed by atoms with Crippen molar-refractivity contribution in [3.05, 3.63) is 71.4 Å². The highest BCUT2D eigenvalue weighted by atomic mass is 19.1. The zero-order chi connectivity index (χ0) is 22.8. The Morgan fingerprint density at radius 2 is 1.88 bits per heavy atom. The summed E-state index contributed by atoms with van der Waals surface area (Å²) in [5, 5.41) is 7.04. The van der Waals surface area contributed by atoms with Crippen LogP contribution >= 0.6 is 0 Å². The molecular formula is C24H25FN4O3. The third-order valence-corrected chi connectivity index (χ3v) is 5.89. The largest absolute Gasteiger partial charge is 0.349 e. The van der Waals surface area contributed by atoms with E-state index in [0.717, 1.165) is 5.56 Å². The molecule has 0 aliphatic heterocycles. The highest BCUT2D eigenvalue weighted by molar-refractivity contribution is 5.94. The molecule has 0 saturated heterocycles. The molecule has 8 heteroatoms. The van der Waals surface area contributed by atoms with Crippen LogP contribution < -0.4 is 5.32 Å². The Hall–Kier alpha value is -3.55. The lowest BCUT2D eigenvalue weighted by molar-refractivity contribution is -0.132. The lowest BCUT2D eigenvalue weighted by Crippen LogP contribution is -2.37. The summed E-state index contributed by atoms with van der Waals surface area (Å²) in [7, 11) is 3.41. The number of hydrogen-bond donors (Lipinski definition) is 1. The molecule has 1 heterocycles. The molecule has 4 rings (SSSR count). The Bertz CT molecular complexity index is 1130. The molecule has 0 spiro atoms. The summed E-state index contributed by atoms with van der Waals surface area (Å²) >= 11 is 0. The van der Waals surface area contributed by atoms with Gasteiger partial charge in [0.25, 0.3) is 5.91 Å². The predicted molar refractivity (Wildman–Crippen MR) is 116 cm³/mol. The highest BCUT2D eigenvalue weighted by Crippen LogP contribution is 2.39. The second-order valence-electron chi connectivity index (χ2n) is 8.37. The lowest BCUT2D eigenvalue weighted by Gasteiger charge is -2.18. The van der Waals surface area contributed by atoms with Gasteiger partial charge in [0.2, 0.25) is 17.6 Å². The van der Waals surface area contributed by atoms with E-state index in [4.69, 9.17) is 4.52 Å². The summed E-state index contributed by atoms with van der Waals surface area (Å²) in [6.07, 6.45) is 0.908. The molecule has 7 nitrogen and oxygen atoms in total. The number of nitrogens with zero attached hydrogens (tertiary/aromatic N) is 3. The number of hydrogen-bond acceptors (Lipinski definition) is 5. The van der Waals surface area contributed by atoms with Crippen LogP contribution in [0.15, 0.2) is 53.1 Å². The second-order valence-corrected chi connectivity index (χ2v) is 8.37. The van der Waals surface area contributed by atoms with E-state index in [0.29, 0.717) is 30.1 Å². The molecule has 3 atom stereocenters. The quantitative estimate of drug-likeness (QED) is 0.661. The first-order valence-electron chi connectivity index (χ1n) is 10.5. The zero-order valence-electron chi connectivity index (χ0n) is 18.2. The molecule has 1 saturated carbocycles. The van der Waals surface area contributed by atoms with Gasteiger partial charge in [-0.05, 0) is 37.5 Å². The minimum absolute atomic E-state index is 0.0177. The van der Waals surface area contributed by atoms with Crippen molar-refractivity contribution in [2.75, 3.05) is 14.1 Å². The first-order chi connectivity index (χ1) is 15.3. The Morgan fingerprint density at radius 3 is 2.56 bits per heavy atom. The van der Waals surface area contributed by atoms with Gasteiger partial charge in [0.05, 0.1) is 5.92 Å². The van der Waals surface area contributed by atoms with E-state index in [-0.39, 0.29) is 23.3 Å². The number of nitrogens with one attached hydrogen (secondary N) is 1. The first-order valence-corrected chi connectivity index (χ1v) is 10.5. The monoisotopic (exact) mass is 436 g/mol. The summed E-state index contributed by atoms with van der Waals surface area (Å²) < 4.78 is 19.5. The van der Waals surface area contributed by atoms with Crippen molar-refractivity contribution >= 4 is 11.8 Å². The molecular weight excluding hydrogens is 411 g/mol. The van der Waals surface area contributed by atoms with E-state index in [1.165, 1.54) is 6.07 Å². The maximum absolute atomic E-state index is 14.0. The predicted octanol–water partition coefficient (Wildman–Crippen LogP) is 3.56. The fourth-order valence-electron chi connectivity index (χ4n) is 4.11. The number of aryl methyl sites for hydroxylation is 1. The molecule has 1 aliphatic rings. The maximum Gasteiger partial charge on any atom is 0.251 e. The van der Waals surface area contributed by atoms with Crippen LogP contribution in [-0.2, 0) is 4.79 Å². The van der Waals surface area contributed by atoms with Gasteiger partial charge >= 0.3 is 0 Å². The lowest BCUT2D eigenvalue weighted by atomic mass is 10.0. The van der Waals surface area contributed by atoms with Gasteiger partial charge in [-0.25, -0.2) is 4.39 Å². The van der Waals surface area contributed by atoms with E-state index in [2.05, 4.69) is 15.5 Å². The van der Waals surface area contributed by atoms with Crippen LogP contribution in [0.5, 0.6) is 0 Å². The molecule has 1 aromatic heterocycles. The summed E-state index contributed by atoms with van der Waals surface area (Å²) in [6.45, 7) is 1.64. The van der Waals surface area contributed by atoms with Gasteiger partial charge in [-0.15, -0.1) is 0 Å². The molecule has 32 heavy (non-hydrogen) atoms. The minimum Gasteiger partial charge on any atom is -0.349 e. The molecule has 0 radical (unpaired) electrons. The molecule has 0 unspecified atom stereocenters.